The summed E-state index contributed by atoms with van der Waals surface area (Å²) < 4.78 is 10.8. The highest BCUT2D eigenvalue weighted by atomic mass is 16.5. The van der Waals surface area contributed by atoms with Crippen LogP contribution in [0.25, 0.3) is 11.1 Å². The van der Waals surface area contributed by atoms with Crippen LogP contribution >= 0.6 is 0 Å². The Hall–Kier alpha value is -3.92. The Morgan fingerprint density at radius 1 is 1.09 bits per heavy atom. The van der Waals surface area contributed by atoms with Gasteiger partial charge in [-0.3, -0.25) is 14.4 Å². The van der Waals surface area contributed by atoms with E-state index < -0.39 is 42.4 Å². The number of aliphatic carboxylic acids is 1. The Balaban J connectivity index is 1.45. The molecule has 4 rings (SSSR count). The molecule has 0 radical (unpaired) electrons. The SMILES string of the molecule is CNC(=O)C1COCCN1C(=O)C(CC(=O)O)NC(=O)OCC1c2ccccc2-c2ccccc21. The number of nitrogens with zero attached hydrogens (tertiary/aromatic N) is 1. The summed E-state index contributed by atoms with van der Waals surface area (Å²) in [5.74, 6) is -2.57. The normalized spacial score (nSPS) is 17.6. The van der Waals surface area contributed by atoms with Crippen molar-refractivity contribution in [3.63, 3.8) is 0 Å². The van der Waals surface area contributed by atoms with E-state index >= 15 is 0 Å². The summed E-state index contributed by atoms with van der Waals surface area (Å²) in [6.45, 7) is 0.297. The number of fused-ring (bicyclic) bond motifs is 3. The zero-order chi connectivity index (χ0) is 24.9. The molecule has 3 N–H and O–H groups in total. The van der Waals surface area contributed by atoms with Gasteiger partial charge in [0.2, 0.25) is 11.8 Å². The fraction of sp³-hybridized carbons (Fsp3) is 0.360. The number of likely N-dealkylation sites (N-methyl/N-ethyl adjacent to an activating group) is 1. The van der Waals surface area contributed by atoms with Crippen molar-refractivity contribution in [2.45, 2.75) is 24.4 Å². The number of rotatable bonds is 7. The Labute approximate surface area is 202 Å². The smallest absolute Gasteiger partial charge is 0.407 e. The topological polar surface area (TPSA) is 134 Å². The second-order valence-electron chi connectivity index (χ2n) is 8.36. The molecule has 10 heteroatoms. The minimum atomic E-state index is -1.39. The molecule has 35 heavy (non-hydrogen) atoms. The second kappa shape index (κ2) is 10.6. The predicted molar refractivity (Wildman–Crippen MR) is 125 cm³/mol. The van der Waals surface area contributed by atoms with Crippen LogP contribution < -0.4 is 10.6 Å². The van der Waals surface area contributed by atoms with E-state index in [0.717, 1.165) is 22.3 Å². The van der Waals surface area contributed by atoms with Gasteiger partial charge in [0.15, 0.2) is 0 Å². The van der Waals surface area contributed by atoms with Crippen LogP contribution in [-0.4, -0.2) is 79.4 Å². The summed E-state index contributed by atoms with van der Waals surface area (Å²) in [4.78, 5) is 50.7. The molecule has 2 atom stereocenters. The molecule has 1 fully saturated rings. The van der Waals surface area contributed by atoms with Crippen LogP contribution in [0.4, 0.5) is 4.79 Å². The molecule has 1 aliphatic heterocycles. The van der Waals surface area contributed by atoms with Crippen LogP contribution in [0, 0.1) is 0 Å². The Kier molecular flexibility index (Phi) is 7.31. The lowest BCUT2D eigenvalue weighted by molar-refractivity contribution is -0.151. The number of hydrogen-bond acceptors (Lipinski definition) is 6. The van der Waals surface area contributed by atoms with Crippen molar-refractivity contribution in [3.05, 3.63) is 59.7 Å². The molecular weight excluding hydrogens is 454 g/mol. The Bertz CT molecular complexity index is 1090. The van der Waals surface area contributed by atoms with Crippen LogP contribution in [0.2, 0.25) is 0 Å². The number of ether oxygens (including phenoxy) is 2. The third kappa shape index (κ3) is 5.12. The molecule has 2 unspecified atom stereocenters. The van der Waals surface area contributed by atoms with Crippen molar-refractivity contribution in [1.29, 1.82) is 0 Å². The van der Waals surface area contributed by atoms with Crippen molar-refractivity contribution >= 4 is 23.9 Å². The number of carbonyl (C=O) groups excluding carboxylic acids is 3. The summed E-state index contributed by atoms with van der Waals surface area (Å²) in [6.07, 6.45) is -1.56. The van der Waals surface area contributed by atoms with Gasteiger partial charge in [0.1, 0.15) is 18.7 Å². The van der Waals surface area contributed by atoms with Gasteiger partial charge in [0, 0.05) is 19.5 Å². The summed E-state index contributed by atoms with van der Waals surface area (Å²) in [5.41, 5.74) is 4.20. The molecule has 1 aliphatic carbocycles. The highest BCUT2D eigenvalue weighted by Gasteiger charge is 2.37. The number of nitrogens with one attached hydrogen (secondary N) is 2. The first-order valence-corrected chi connectivity index (χ1v) is 11.3. The van der Waals surface area contributed by atoms with Gasteiger partial charge < -0.3 is 30.1 Å². The lowest BCUT2D eigenvalue weighted by Gasteiger charge is -2.36. The Morgan fingerprint density at radius 2 is 1.71 bits per heavy atom. The standard InChI is InChI=1S/C25H27N3O7/c1-26-23(31)21-14-34-11-10-28(21)24(32)20(12-22(29)30)27-25(33)35-13-19-17-8-4-2-6-15(17)16-7-3-5-9-18(16)19/h2-9,19-21H,10-14H2,1H3,(H,26,31)(H,27,33)(H,29,30). The molecule has 3 amide bonds. The number of carbonyl (C=O) groups is 4. The number of hydrogen-bond donors (Lipinski definition) is 3. The van der Waals surface area contributed by atoms with E-state index in [9.17, 15) is 24.3 Å². The van der Waals surface area contributed by atoms with Crippen LogP contribution in [0.15, 0.2) is 48.5 Å². The van der Waals surface area contributed by atoms with Gasteiger partial charge in [-0.25, -0.2) is 4.79 Å². The zero-order valence-corrected chi connectivity index (χ0v) is 19.2. The van der Waals surface area contributed by atoms with Gasteiger partial charge in [-0.05, 0) is 22.3 Å². The first-order chi connectivity index (χ1) is 16.9. The number of carboxylic acid groups (broad SMARTS) is 1. The van der Waals surface area contributed by atoms with Crippen LogP contribution in [0.1, 0.15) is 23.5 Å². The minimum Gasteiger partial charge on any atom is -0.481 e. The molecule has 2 aromatic rings. The maximum Gasteiger partial charge on any atom is 0.407 e. The third-order valence-corrected chi connectivity index (χ3v) is 6.27. The maximum absolute atomic E-state index is 13.1. The van der Waals surface area contributed by atoms with Gasteiger partial charge in [-0.2, -0.15) is 0 Å². The number of benzene rings is 2. The first-order valence-electron chi connectivity index (χ1n) is 11.3. The summed E-state index contributed by atoms with van der Waals surface area (Å²) in [7, 11) is 1.43. The fourth-order valence-electron chi connectivity index (χ4n) is 4.61. The van der Waals surface area contributed by atoms with E-state index in [1.165, 1.54) is 11.9 Å². The minimum absolute atomic E-state index is 0.0177. The fourth-order valence-corrected chi connectivity index (χ4v) is 4.61. The average Bonchev–Trinajstić information content (AvgIpc) is 3.19. The molecule has 184 valence electrons. The number of carboxylic acids is 1. The molecular formula is C25H27N3O7. The lowest BCUT2D eigenvalue weighted by Crippen LogP contribution is -2.60. The van der Waals surface area contributed by atoms with Gasteiger partial charge in [-0.1, -0.05) is 48.5 Å². The van der Waals surface area contributed by atoms with E-state index in [0.29, 0.717) is 0 Å². The third-order valence-electron chi connectivity index (χ3n) is 6.27. The maximum atomic E-state index is 13.1. The van der Waals surface area contributed by atoms with Crippen LogP contribution in [0.3, 0.4) is 0 Å². The van der Waals surface area contributed by atoms with Crippen molar-refractivity contribution < 1.29 is 33.8 Å². The molecule has 2 aliphatic rings. The van der Waals surface area contributed by atoms with E-state index in [-0.39, 0.29) is 32.3 Å². The molecule has 2 aromatic carbocycles. The molecule has 0 spiro atoms. The van der Waals surface area contributed by atoms with Gasteiger partial charge in [0.05, 0.1) is 19.6 Å². The molecule has 0 saturated carbocycles. The van der Waals surface area contributed by atoms with E-state index in [2.05, 4.69) is 10.6 Å². The predicted octanol–water partition coefficient (Wildman–Crippen LogP) is 1.34. The first kappa shape index (κ1) is 24.2. The summed E-state index contributed by atoms with van der Waals surface area (Å²) >= 11 is 0. The van der Waals surface area contributed by atoms with Gasteiger partial charge in [-0.15, -0.1) is 0 Å². The summed E-state index contributed by atoms with van der Waals surface area (Å²) in [5, 5.41) is 14.2. The van der Waals surface area contributed by atoms with Crippen molar-refractivity contribution in [2.75, 3.05) is 33.4 Å². The number of morpholine rings is 1. The van der Waals surface area contributed by atoms with E-state index in [4.69, 9.17) is 9.47 Å². The molecule has 0 aromatic heterocycles. The van der Waals surface area contributed by atoms with Crippen LogP contribution in [0.5, 0.6) is 0 Å². The molecule has 0 bridgehead atoms. The monoisotopic (exact) mass is 481 g/mol. The van der Waals surface area contributed by atoms with E-state index in [1.54, 1.807) is 0 Å². The van der Waals surface area contributed by atoms with Crippen molar-refractivity contribution in [1.82, 2.24) is 15.5 Å². The quantitative estimate of drug-likeness (QED) is 0.543. The summed E-state index contributed by atoms with van der Waals surface area (Å²) in [6, 6.07) is 13.4. The molecule has 10 nitrogen and oxygen atoms in total. The number of alkyl carbamates (subject to hydrolysis) is 1. The van der Waals surface area contributed by atoms with E-state index in [1.807, 2.05) is 48.5 Å². The van der Waals surface area contributed by atoms with Crippen molar-refractivity contribution in [3.8, 4) is 11.1 Å². The Morgan fingerprint density at radius 3 is 2.31 bits per heavy atom. The zero-order valence-electron chi connectivity index (χ0n) is 19.2. The van der Waals surface area contributed by atoms with Gasteiger partial charge in [0.25, 0.3) is 0 Å². The largest absolute Gasteiger partial charge is 0.481 e. The average molecular weight is 482 g/mol. The highest BCUT2D eigenvalue weighted by Crippen LogP contribution is 2.44. The highest BCUT2D eigenvalue weighted by molar-refractivity contribution is 5.93. The lowest BCUT2D eigenvalue weighted by atomic mass is 9.98. The molecule has 1 saturated heterocycles. The van der Waals surface area contributed by atoms with Crippen LogP contribution in [-0.2, 0) is 23.9 Å². The van der Waals surface area contributed by atoms with Gasteiger partial charge >= 0.3 is 12.1 Å². The van der Waals surface area contributed by atoms with Crippen molar-refractivity contribution in [2.24, 2.45) is 0 Å². The number of amides is 3. The second-order valence-corrected chi connectivity index (χ2v) is 8.36. The molecule has 1 heterocycles.